The average molecular weight is 387 g/mol. The summed E-state index contributed by atoms with van der Waals surface area (Å²) in [5.74, 6) is 1.18. The number of carbonyl (C=O) groups excluding carboxylic acids is 1. The highest BCUT2D eigenvalue weighted by molar-refractivity contribution is 7.99. The van der Waals surface area contributed by atoms with Gasteiger partial charge >= 0.3 is 5.97 Å². The van der Waals surface area contributed by atoms with Crippen LogP contribution in [0.3, 0.4) is 0 Å². The fourth-order valence-electron chi connectivity index (χ4n) is 2.55. The van der Waals surface area contributed by atoms with E-state index in [0.29, 0.717) is 31.9 Å². The molecule has 7 heteroatoms. The van der Waals surface area contributed by atoms with Crippen molar-refractivity contribution in [2.24, 2.45) is 0 Å². The molecule has 142 valence electrons. The van der Waals surface area contributed by atoms with Crippen LogP contribution in [0.4, 0.5) is 0 Å². The van der Waals surface area contributed by atoms with Gasteiger partial charge in [-0.2, -0.15) is 0 Å². The van der Waals surface area contributed by atoms with E-state index in [1.54, 1.807) is 23.9 Å². The lowest BCUT2D eigenvalue weighted by atomic mass is 10.1. The monoisotopic (exact) mass is 387 g/mol. The Balaban J connectivity index is 1.41. The first kappa shape index (κ1) is 19.1. The molecule has 6 nitrogen and oxygen atoms in total. The van der Waals surface area contributed by atoms with E-state index in [1.807, 2.05) is 18.2 Å². The van der Waals surface area contributed by atoms with Gasteiger partial charge in [0.15, 0.2) is 11.5 Å². The Bertz CT molecular complexity index is 807. The maximum absolute atomic E-state index is 12.0. The molecule has 0 atom stereocenters. The highest BCUT2D eigenvalue weighted by Gasteiger charge is 2.11. The van der Waals surface area contributed by atoms with Crippen LogP contribution in [-0.2, 0) is 11.3 Å². The van der Waals surface area contributed by atoms with Gasteiger partial charge in [0, 0.05) is 30.0 Å². The lowest BCUT2D eigenvalue weighted by molar-refractivity contribution is -0.120. The van der Waals surface area contributed by atoms with Crippen molar-refractivity contribution >= 4 is 23.6 Å². The number of hydrogen-bond acceptors (Lipinski definition) is 5. The number of thioether (sulfide) groups is 1. The van der Waals surface area contributed by atoms with Gasteiger partial charge in [0.05, 0.1) is 18.8 Å². The number of nitrogens with one attached hydrogen (secondary N) is 1. The fraction of sp³-hybridized carbons (Fsp3) is 0.300. The number of carboxylic acid groups (broad SMARTS) is 1. The molecule has 2 aromatic rings. The van der Waals surface area contributed by atoms with E-state index >= 15 is 0 Å². The standard InChI is InChI=1S/C20H21NO5S/c22-19(21-13-14-2-4-15(5-3-14)20(23)24)8-11-27-16-6-7-17-18(12-16)26-10-1-9-25-17/h2-7,12H,1,8-11,13H2,(H,21,22)(H,23,24). The predicted octanol–water partition coefficient (Wildman–Crippen LogP) is 3.34. The maximum Gasteiger partial charge on any atom is 0.335 e. The van der Waals surface area contributed by atoms with Crippen LogP contribution in [0, 0.1) is 0 Å². The zero-order valence-electron chi connectivity index (χ0n) is 14.8. The fourth-order valence-corrected chi connectivity index (χ4v) is 3.43. The molecule has 0 unspecified atom stereocenters. The van der Waals surface area contributed by atoms with E-state index in [1.165, 1.54) is 12.1 Å². The molecule has 1 heterocycles. The number of carbonyl (C=O) groups is 2. The summed E-state index contributed by atoms with van der Waals surface area (Å²) in [4.78, 5) is 23.9. The quantitative estimate of drug-likeness (QED) is 0.709. The zero-order chi connectivity index (χ0) is 19.1. The summed E-state index contributed by atoms with van der Waals surface area (Å²) in [7, 11) is 0. The third kappa shape index (κ3) is 5.65. The molecule has 0 aromatic heterocycles. The number of hydrogen-bond donors (Lipinski definition) is 2. The van der Waals surface area contributed by atoms with Crippen molar-refractivity contribution < 1.29 is 24.2 Å². The summed E-state index contributed by atoms with van der Waals surface area (Å²) in [6, 6.07) is 12.3. The summed E-state index contributed by atoms with van der Waals surface area (Å²) in [5, 5.41) is 11.7. The Labute approximate surface area is 161 Å². The minimum Gasteiger partial charge on any atom is -0.490 e. The van der Waals surface area contributed by atoms with Crippen molar-refractivity contribution in [2.45, 2.75) is 24.3 Å². The Morgan fingerprint density at radius 1 is 1.04 bits per heavy atom. The number of ether oxygens (including phenoxy) is 2. The van der Waals surface area contributed by atoms with E-state index in [0.717, 1.165) is 28.4 Å². The molecular weight excluding hydrogens is 366 g/mol. The Morgan fingerprint density at radius 3 is 2.52 bits per heavy atom. The average Bonchev–Trinajstić information content (AvgIpc) is 2.91. The first-order valence-corrected chi connectivity index (χ1v) is 9.72. The van der Waals surface area contributed by atoms with Gasteiger partial charge in [-0.05, 0) is 35.9 Å². The molecule has 0 fully saturated rings. The third-order valence-electron chi connectivity index (χ3n) is 4.01. The molecule has 1 amide bonds. The van der Waals surface area contributed by atoms with E-state index in [9.17, 15) is 9.59 Å². The summed E-state index contributed by atoms with van der Waals surface area (Å²) < 4.78 is 11.3. The number of rotatable bonds is 7. The molecule has 2 aromatic carbocycles. The van der Waals surface area contributed by atoms with Crippen LogP contribution in [-0.4, -0.2) is 35.9 Å². The van der Waals surface area contributed by atoms with Gasteiger partial charge in [-0.1, -0.05) is 12.1 Å². The number of amides is 1. The minimum atomic E-state index is -0.961. The molecule has 1 aliphatic heterocycles. The second-order valence-corrected chi connectivity index (χ2v) is 7.20. The zero-order valence-corrected chi connectivity index (χ0v) is 15.6. The molecular formula is C20H21NO5S. The summed E-state index contributed by atoms with van der Waals surface area (Å²) in [6.07, 6.45) is 1.27. The lowest BCUT2D eigenvalue weighted by Crippen LogP contribution is -2.23. The highest BCUT2D eigenvalue weighted by Crippen LogP contribution is 2.33. The van der Waals surface area contributed by atoms with E-state index in [4.69, 9.17) is 14.6 Å². The topological polar surface area (TPSA) is 84.9 Å². The Hall–Kier alpha value is -2.67. The van der Waals surface area contributed by atoms with Crippen LogP contribution in [0.15, 0.2) is 47.4 Å². The van der Waals surface area contributed by atoms with Crippen molar-refractivity contribution in [3.05, 3.63) is 53.6 Å². The molecule has 1 aliphatic rings. The number of benzene rings is 2. The van der Waals surface area contributed by atoms with Crippen molar-refractivity contribution in [3.63, 3.8) is 0 Å². The van der Waals surface area contributed by atoms with Crippen LogP contribution in [0.1, 0.15) is 28.8 Å². The SMILES string of the molecule is O=C(CCSc1ccc2c(c1)OCCCO2)NCc1ccc(C(=O)O)cc1. The number of aromatic carboxylic acids is 1. The molecule has 0 saturated heterocycles. The number of fused-ring (bicyclic) bond motifs is 1. The third-order valence-corrected chi connectivity index (χ3v) is 5.00. The van der Waals surface area contributed by atoms with E-state index in [2.05, 4.69) is 5.32 Å². The normalized spacial score (nSPS) is 12.9. The van der Waals surface area contributed by atoms with Crippen LogP contribution in [0.2, 0.25) is 0 Å². The van der Waals surface area contributed by atoms with Crippen LogP contribution in [0.5, 0.6) is 11.5 Å². The van der Waals surface area contributed by atoms with E-state index in [-0.39, 0.29) is 11.5 Å². The van der Waals surface area contributed by atoms with Gasteiger partial charge in [-0.25, -0.2) is 4.79 Å². The molecule has 2 N–H and O–H groups in total. The smallest absolute Gasteiger partial charge is 0.335 e. The van der Waals surface area contributed by atoms with Gasteiger partial charge in [-0.15, -0.1) is 11.8 Å². The Morgan fingerprint density at radius 2 is 1.78 bits per heavy atom. The molecule has 27 heavy (non-hydrogen) atoms. The van der Waals surface area contributed by atoms with Crippen molar-refractivity contribution in [3.8, 4) is 11.5 Å². The second-order valence-electron chi connectivity index (χ2n) is 6.04. The summed E-state index contributed by atoms with van der Waals surface area (Å²) >= 11 is 1.59. The predicted molar refractivity (Wildman–Crippen MR) is 103 cm³/mol. The van der Waals surface area contributed by atoms with Crippen LogP contribution < -0.4 is 14.8 Å². The van der Waals surface area contributed by atoms with Crippen molar-refractivity contribution in [1.82, 2.24) is 5.32 Å². The largest absolute Gasteiger partial charge is 0.490 e. The minimum absolute atomic E-state index is 0.0424. The second kappa shape index (κ2) is 9.32. The van der Waals surface area contributed by atoms with Crippen molar-refractivity contribution in [1.29, 1.82) is 0 Å². The first-order chi connectivity index (χ1) is 13.1. The molecule has 0 aliphatic carbocycles. The highest BCUT2D eigenvalue weighted by atomic mass is 32.2. The van der Waals surface area contributed by atoms with Gasteiger partial charge in [0.1, 0.15) is 0 Å². The maximum atomic E-state index is 12.0. The van der Waals surface area contributed by atoms with Crippen molar-refractivity contribution in [2.75, 3.05) is 19.0 Å². The molecule has 0 spiro atoms. The lowest BCUT2D eigenvalue weighted by Gasteiger charge is -2.09. The molecule has 0 saturated carbocycles. The Kier molecular flexibility index (Phi) is 6.59. The summed E-state index contributed by atoms with van der Waals surface area (Å²) in [5.41, 5.74) is 1.10. The first-order valence-electron chi connectivity index (χ1n) is 8.73. The molecule has 0 radical (unpaired) electrons. The number of carboxylic acids is 1. The van der Waals surface area contributed by atoms with Gasteiger partial charge in [0.2, 0.25) is 5.91 Å². The van der Waals surface area contributed by atoms with Crippen LogP contribution >= 0.6 is 11.8 Å². The van der Waals surface area contributed by atoms with Gasteiger partial charge in [-0.3, -0.25) is 4.79 Å². The van der Waals surface area contributed by atoms with Crippen LogP contribution in [0.25, 0.3) is 0 Å². The molecule has 0 bridgehead atoms. The van der Waals surface area contributed by atoms with E-state index < -0.39 is 5.97 Å². The molecule has 3 rings (SSSR count). The van der Waals surface area contributed by atoms with Gasteiger partial charge < -0.3 is 19.9 Å². The summed E-state index contributed by atoms with van der Waals surface area (Å²) in [6.45, 7) is 1.70. The van der Waals surface area contributed by atoms with Gasteiger partial charge in [0.25, 0.3) is 0 Å².